The largest absolute Gasteiger partial charge is 0.383 e. The number of aromatic nitrogens is 2. The highest BCUT2D eigenvalue weighted by Gasteiger charge is 2.14. The Bertz CT molecular complexity index is 1060. The van der Waals surface area contributed by atoms with Gasteiger partial charge in [0, 0.05) is 50.4 Å². The standard InChI is InChI=1S/C24H28N6O3/c1-3-26-22-20(23(31)27-13-14-33-2)10-11-21(30-22)18-6-8-19(9-7-18)29-24(32)28-16-17-5-4-12-25-15-17/h4-12,15H,3,13-14,16H2,1-2H3,(H,26,30)(H,27,31)(H2,28,29,32). The molecule has 3 amide bonds. The molecule has 0 spiro atoms. The van der Waals surface area contributed by atoms with Crippen LogP contribution in [0.4, 0.5) is 16.3 Å². The summed E-state index contributed by atoms with van der Waals surface area (Å²) in [4.78, 5) is 33.3. The highest BCUT2D eigenvalue weighted by Crippen LogP contribution is 2.23. The summed E-state index contributed by atoms with van der Waals surface area (Å²) in [5, 5.41) is 11.6. The lowest BCUT2D eigenvalue weighted by Gasteiger charge is -2.13. The van der Waals surface area contributed by atoms with Crippen LogP contribution in [0.2, 0.25) is 0 Å². The normalized spacial score (nSPS) is 10.4. The summed E-state index contributed by atoms with van der Waals surface area (Å²) in [6, 6.07) is 14.3. The van der Waals surface area contributed by atoms with E-state index in [0.717, 1.165) is 11.1 Å². The molecule has 2 aromatic heterocycles. The number of methoxy groups -OCH3 is 1. The van der Waals surface area contributed by atoms with Gasteiger partial charge in [-0.1, -0.05) is 18.2 Å². The van der Waals surface area contributed by atoms with Crippen molar-refractivity contribution in [2.45, 2.75) is 13.5 Å². The highest BCUT2D eigenvalue weighted by molar-refractivity contribution is 5.99. The van der Waals surface area contributed by atoms with Crippen LogP contribution in [0.25, 0.3) is 11.3 Å². The number of amides is 3. The summed E-state index contributed by atoms with van der Waals surface area (Å²) in [5.41, 5.74) is 3.62. The van der Waals surface area contributed by atoms with E-state index in [2.05, 4.69) is 31.2 Å². The minimum Gasteiger partial charge on any atom is -0.383 e. The number of ether oxygens (including phenoxy) is 1. The lowest BCUT2D eigenvalue weighted by atomic mass is 10.1. The summed E-state index contributed by atoms with van der Waals surface area (Å²) in [6.07, 6.45) is 3.39. The van der Waals surface area contributed by atoms with Crippen molar-refractivity contribution >= 4 is 23.4 Å². The summed E-state index contributed by atoms with van der Waals surface area (Å²) < 4.78 is 4.97. The molecule has 33 heavy (non-hydrogen) atoms. The maximum Gasteiger partial charge on any atom is 0.319 e. The van der Waals surface area contributed by atoms with Crippen LogP contribution in [-0.2, 0) is 11.3 Å². The van der Waals surface area contributed by atoms with Crippen LogP contribution in [0.1, 0.15) is 22.8 Å². The van der Waals surface area contributed by atoms with E-state index < -0.39 is 0 Å². The van der Waals surface area contributed by atoms with Crippen LogP contribution in [0, 0.1) is 0 Å². The summed E-state index contributed by atoms with van der Waals surface area (Å²) in [7, 11) is 1.59. The Balaban J connectivity index is 1.64. The molecule has 172 valence electrons. The Morgan fingerprint density at radius 2 is 1.85 bits per heavy atom. The molecular formula is C24H28N6O3. The van der Waals surface area contributed by atoms with Crippen molar-refractivity contribution < 1.29 is 14.3 Å². The topological polar surface area (TPSA) is 117 Å². The van der Waals surface area contributed by atoms with E-state index in [1.54, 1.807) is 43.8 Å². The number of anilines is 2. The molecule has 0 unspecified atom stereocenters. The first-order valence-electron chi connectivity index (χ1n) is 10.7. The zero-order valence-electron chi connectivity index (χ0n) is 18.7. The molecule has 3 rings (SSSR count). The smallest absolute Gasteiger partial charge is 0.319 e. The minimum atomic E-state index is -0.303. The number of rotatable bonds is 10. The van der Waals surface area contributed by atoms with Gasteiger partial charge in [-0.05, 0) is 42.8 Å². The summed E-state index contributed by atoms with van der Waals surface area (Å²) in [6.45, 7) is 3.83. The molecule has 4 N–H and O–H groups in total. The molecule has 0 aliphatic heterocycles. The van der Waals surface area contributed by atoms with Crippen LogP contribution in [0.5, 0.6) is 0 Å². The Morgan fingerprint density at radius 3 is 2.55 bits per heavy atom. The van der Waals surface area contributed by atoms with Gasteiger partial charge in [-0.3, -0.25) is 9.78 Å². The Morgan fingerprint density at radius 1 is 1.03 bits per heavy atom. The van der Waals surface area contributed by atoms with E-state index >= 15 is 0 Å². The zero-order chi connectivity index (χ0) is 23.5. The molecule has 9 heteroatoms. The van der Waals surface area contributed by atoms with Crippen LogP contribution < -0.4 is 21.3 Å². The molecule has 1 aromatic carbocycles. The number of benzene rings is 1. The van der Waals surface area contributed by atoms with E-state index in [9.17, 15) is 9.59 Å². The fraction of sp³-hybridized carbons (Fsp3) is 0.250. The molecule has 0 atom stereocenters. The van der Waals surface area contributed by atoms with E-state index in [1.165, 1.54) is 0 Å². The van der Waals surface area contributed by atoms with Crippen LogP contribution in [0.3, 0.4) is 0 Å². The van der Waals surface area contributed by atoms with Crippen LogP contribution in [0.15, 0.2) is 60.9 Å². The van der Waals surface area contributed by atoms with Crippen LogP contribution >= 0.6 is 0 Å². The first-order chi connectivity index (χ1) is 16.1. The Labute approximate surface area is 193 Å². The Kier molecular flexibility index (Phi) is 8.72. The third kappa shape index (κ3) is 7.01. The molecule has 9 nitrogen and oxygen atoms in total. The van der Waals surface area contributed by atoms with Crippen molar-refractivity contribution in [1.82, 2.24) is 20.6 Å². The van der Waals surface area contributed by atoms with E-state index in [-0.39, 0.29) is 11.9 Å². The monoisotopic (exact) mass is 448 g/mol. The van der Waals surface area contributed by atoms with E-state index in [4.69, 9.17) is 4.74 Å². The number of nitrogens with zero attached hydrogens (tertiary/aromatic N) is 2. The van der Waals surface area contributed by atoms with Gasteiger partial charge in [-0.15, -0.1) is 0 Å². The number of hydrogen-bond donors (Lipinski definition) is 4. The van der Waals surface area contributed by atoms with Crippen molar-refractivity contribution in [1.29, 1.82) is 0 Å². The van der Waals surface area contributed by atoms with Gasteiger partial charge in [0.05, 0.1) is 17.9 Å². The SMILES string of the molecule is CCNc1nc(-c2ccc(NC(=O)NCc3cccnc3)cc2)ccc1C(=O)NCCOC. The number of carbonyl (C=O) groups excluding carboxylic acids is 2. The molecule has 0 aliphatic rings. The van der Waals surface area contributed by atoms with E-state index in [1.807, 2.05) is 31.2 Å². The maximum absolute atomic E-state index is 12.5. The number of urea groups is 1. The predicted molar refractivity (Wildman–Crippen MR) is 128 cm³/mol. The minimum absolute atomic E-state index is 0.209. The molecule has 0 fully saturated rings. The first kappa shape index (κ1) is 23.7. The quantitative estimate of drug-likeness (QED) is 0.354. The first-order valence-corrected chi connectivity index (χ1v) is 10.7. The summed E-state index contributed by atoms with van der Waals surface area (Å²) in [5.74, 6) is 0.306. The van der Waals surface area contributed by atoms with Gasteiger partial charge in [-0.25, -0.2) is 9.78 Å². The van der Waals surface area contributed by atoms with Crippen molar-refractivity contribution in [3.8, 4) is 11.3 Å². The third-order valence-corrected chi connectivity index (χ3v) is 4.69. The molecular weight excluding hydrogens is 420 g/mol. The third-order valence-electron chi connectivity index (χ3n) is 4.69. The zero-order valence-corrected chi connectivity index (χ0v) is 18.7. The molecule has 0 radical (unpaired) electrons. The average molecular weight is 449 g/mol. The van der Waals surface area contributed by atoms with Gasteiger partial charge >= 0.3 is 6.03 Å². The fourth-order valence-electron chi connectivity index (χ4n) is 3.05. The Hall–Kier alpha value is -3.98. The fourth-order valence-corrected chi connectivity index (χ4v) is 3.05. The second kappa shape index (κ2) is 12.2. The predicted octanol–water partition coefficient (Wildman–Crippen LogP) is 3.27. The van der Waals surface area contributed by atoms with Crippen molar-refractivity contribution in [3.05, 3.63) is 72.1 Å². The molecule has 0 bridgehead atoms. The maximum atomic E-state index is 12.5. The number of nitrogens with one attached hydrogen (secondary N) is 4. The van der Waals surface area contributed by atoms with Gasteiger partial charge < -0.3 is 26.0 Å². The second-order valence-electron chi connectivity index (χ2n) is 7.12. The van der Waals surface area contributed by atoms with Gasteiger partial charge in [0.15, 0.2) is 0 Å². The summed E-state index contributed by atoms with van der Waals surface area (Å²) >= 11 is 0. The highest BCUT2D eigenvalue weighted by atomic mass is 16.5. The number of hydrogen-bond acceptors (Lipinski definition) is 6. The van der Waals surface area contributed by atoms with Crippen molar-refractivity contribution in [2.24, 2.45) is 0 Å². The lowest BCUT2D eigenvalue weighted by Crippen LogP contribution is -2.28. The molecule has 3 aromatic rings. The van der Waals surface area contributed by atoms with E-state index in [0.29, 0.717) is 49.0 Å². The molecule has 0 aliphatic carbocycles. The second-order valence-corrected chi connectivity index (χ2v) is 7.12. The van der Waals surface area contributed by atoms with Gasteiger partial charge in [0.2, 0.25) is 0 Å². The average Bonchev–Trinajstić information content (AvgIpc) is 2.84. The number of carbonyl (C=O) groups is 2. The van der Waals surface area contributed by atoms with Gasteiger partial charge in [0.25, 0.3) is 5.91 Å². The van der Waals surface area contributed by atoms with Crippen molar-refractivity contribution in [3.63, 3.8) is 0 Å². The molecule has 2 heterocycles. The molecule has 0 saturated heterocycles. The van der Waals surface area contributed by atoms with Gasteiger partial charge in [0.1, 0.15) is 5.82 Å². The van der Waals surface area contributed by atoms with Crippen molar-refractivity contribution in [2.75, 3.05) is 37.4 Å². The number of pyridine rings is 2. The van der Waals surface area contributed by atoms with Gasteiger partial charge in [-0.2, -0.15) is 0 Å². The van der Waals surface area contributed by atoms with Crippen LogP contribution in [-0.4, -0.2) is 48.7 Å². The lowest BCUT2D eigenvalue weighted by molar-refractivity contribution is 0.0937. The molecule has 0 saturated carbocycles.